The van der Waals surface area contributed by atoms with Gasteiger partial charge in [-0.25, -0.2) is 0 Å². The molecule has 0 aliphatic heterocycles. The van der Waals surface area contributed by atoms with Gasteiger partial charge in [0.15, 0.2) is 6.10 Å². The highest BCUT2D eigenvalue weighted by Crippen LogP contribution is 2.22. The van der Waals surface area contributed by atoms with Gasteiger partial charge < -0.3 is 14.2 Å². The average molecular weight is 385 g/mol. The quantitative estimate of drug-likeness (QED) is 0.609. The highest BCUT2D eigenvalue weighted by atomic mass is 32.1. The maximum absolute atomic E-state index is 12.8. The number of carbonyl (C=O) groups excluding carboxylic acids is 1. The van der Waals surface area contributed by atoms with E-state index in [2.05, 4.69) is 16.2 Å². The Morgan fingerprint density at radius 2 is 2.04 bits per heavy atom. The first-order chi connectivity index (χ1) is 13.0. The maximum atomic E-state index is 12.8. The second kappa shape index (κ2) is 8.35. The van der Waals surface area contributed by atoms with Crippen molar-refractivity contribution in [3.63, 3.8) is 0 Å². The van der Waals surface area contributed by atoms with Crippen molar-refractivity contribution in [1.29, 1.82) is 0 Å². The van der Waals surface area contributed by atoms with Gasteiger partial charge in [-0.3, -0.25) is 4.79 Å². The lowest BCUT2D eigenvalue weighted by molar-refractivity contribution is -0.138. The Morgan fingerprint density at radius 3 is 2.67 bits per heavy atom. The molecule has 0 aliphatic carbocycles. The number of benzene rings is 1. The molecule has 142 valence electrons. The van der Waals surface area contributed by atoms with E-state index >= 15 is 0 Å². The minimum atomic E-state index is -0.559. The number of aryl methyl sites for hydroxylation is 2. The zero-order valence-corrected chi connectivity index (χ0v) is 16.7. The van der Waals surface area contributed by atoms with Crippen LogP contribution in [0.5, 0.6) is 5.75 Å². The summed E-state index contributed by atoms with van der Waals surface area (Å²) in [5.74, 6) is 1.53. The van der Waals surface area contributed by atoms with E-state index in [1.807, 2.05) is 50.4 Å². The smallest absolute Gasteiger partial charge is 0.263 e. The summed E-state index contributed by atoms with van der Waals surface area (Å²) in [5, 5.41) is 5.93. The third kappa shape index (κ3) is 4.74. The van der Waals surface area contributed by atoms with Gasteiger partial charge in [0.2, 0.25) is 11.7 Å². The summed E-state index contributed by atoms with van der Waals surface area (Å²) in [4.78, 5) is 19.7. The molecule has 3 aromatic rings. The number of nitrogens with zero attached hydrogens (tertiary/aromatic N) is 3. The molecule has 1 atom stereocenters. The predicted molar refractivity (Wildman–Crippen MR) is 105 cm³/mol. The third-order valence-corrected chi connectivity index (χ3v) is 4.94. The first kappa shape index (κ1) is 19.1. The van der Waals surface area contributed by atoms with Crippen LogP contribution in [0, 0.1) is 13.8 Å². The molecule has 0 aliphatic rings. The van der Waals surface area contributed by atoms with Crippen molar-refractivity contribution in [3.8, 4) is 16.5 Å². The lowest BCUT2D eigenvalue weighted by Crippen LogP contribution is -2.39. The number of carbonyl (C=O) groups is 1. The summed E-state index contributed by atoms with van der Waals surface area (Å²) >= 11 is 1.54. The molecule has 27 heavy (non-hydrogen) atoms. The molecule has 0 unspecified atom stereocenters. The van der Waals surface area contributed by atoms with Crippen molar-refractivity contribution in [1.82, 2.24) is 15.0 Å². The van der Waals surface area contributed by atoms with Gasteiger partial charge in [0.05, 0.1) is 11.4 Å². The van der Waals surface area contributed by atoms with Crippen molar-refractivity contribution >= 4 is 17.2 Å². The third-order valence-electron chi connectivity index (χ3n) is 4.08. The first-order valence-corrected chi connectivity index (χ1v) is 9.70. The van der Waals surface area contributed by atoms with Crippen molar-refractivity contribution in [2.24, 2.45) is 0 Å². The van der Waals surface area contributed by atoms with Crippen molar-refractivity contribution < 1.29 is 14.1 Å². The summed E-state index contributed by atoms with van der Waals surface area (Å²) in [6.07, 6.45) is 0.0105. The lowest BCUT2D eigenvalue weighted by Gasteiger charge is -2.23. The number of amides is 1. The molecule has 1 aromatic carbocycles. The Hall–Kier alpha value is -2.67. The fraction of sp³-hybridized carbons (Fsp3) is 0.350. The van der Waals surface area contributed by atoms with Crippen molar-refractivity contribution in [3.05, 3.63) is 52.7 Å². The van der Waals surface area contributed by atoms with Crippen LogP contribution < -0.4 is 4.74 Å². The fourth-order valence-electron chi connectivity index (χ4n) is 2.83. The number of likely N-dealkylation sites (N-methyl/N-ethyl adjacent to an activating group) is 1. The molecule has 2 aromatic heterocycles. The average Bonchev–Trinajstić information content (AvgIpc) is 3.29. The number of rotatable bonds is 7. The zero-order valence-electron chi connectivity index (χ0n) is 15.9. The Bertz CT molecular complexity index is 885. The molecule has 0 saturated carbocycles. The van der Waals surface area contributed by atoms with Crippen LogP contribution in [0.3, 0.4) is 0 Å². The summed E-state index contributed by atoms with van der Waals surface area (Å²) in [6.45, 7) is 6.19. The van der Waals surface area contributed by atoms with Crippen LogP contribution in [0.2, 0.25) is 0 Å². The SMILES string of the molecule is CC[C@@H](Oc1cc(C)cc(C)c1)C(=O)N(C)Cc1nc(-c2cccs2)no1. The van der Waals surface area contributed by atoms with Crippen molar-refractivity contribution in [2.75, 3.05) is 7.05 Å². The van der Waals surface area contributed by atoms with Gasteiger partial charge in [-0.05, 0) is 55.0 Å². The van der Waals surface area contributed by atoms with Crippen LogP contribution in [-0.2, 0) is 11.3 Å². The van der Waals surface area contributed by atoms with Gasteiger partial charge >= 0.3 is 0 Å². The van der Waals surface area contributed by atoms with Crippen LogP contribution in [0.4, 0.5) is 0 Å². The second-order valence-electron chi connectivity index (χ2n) is 6.52. The highest BCUT2D eigenvalue weighted by Gasteiger charge is 2.24. The van der Waals surface area contributed by atoms with Gasteiger partial charge in [-0.15, -0.1) is 11.3 Å². The van der Waals surface area contributed by atoms with Gasteiger partial charge in [0.1, 0.15) is 5.75 Å². The molecule has 1 amide bonds. The molecular formula is C20H23N3O3S. The van der Waals surface area contributed by atoms with E-state index in [9.17, 15) is 4.79 Å². The molecule has 0 spiro atoms. The Morgan fingerprint density at radius 1 is 1.30 bits per heavy atom. The minimum Gasteiger partial charge on any atom is -0.481 e. The van der Waals surface area contributed by atoms with Crippen LogP contribution in [0.1, 0.15) is 30.4 Å². The van der Waals surface area contributed by atoms with Gasteiger partial charge in [-0.1, -0.05) is 24.2 Å². The van der Waals surface area contributed by atoms with E-state index < -0.39 is 6.10 Å². The van der Waals surface area contributed by atoms with Crippen molar-refractivity contribution in [2.45, 2.75) is 39.8 Å². The molecule has 0 radical (unpaired) electrons. The van der Waals surface area contributed by atoms with E-state index in [4.69, 9.17) is 9.26 Å². The highest BCUT2D eigenvalue weighted by molar-refractivity contribution is 7.13. The maximum Gasteiger partial charge on any atom is 0.263 e. The van der Waals surface area contributed by atoms with E-state index in [1.54, 1.807) is 23.3 Å². The van der Waals surface area contributed by atoms with Crippen LogP contribution in [-0.4, -0.2) is 34.1 Å². The monoisotopic (exact) mass is 385 g/mol. The van der Waals surface area contributed by atoms with Crippen LogP contribution >= 0.6 is 11.3 Å². The van der Waals surface area contributed by atoms with Gasteiger partial charge in [-0.2, -0.15) is 4.98 Å². The molecule has 3 rings (SSSR count). The minimum absolute atomic E-state index is 0.118. The number of hydrogen-bond acceptors (Lipinski definition) is 6. The zero-order chi connectivity index (χ0) is 19.4. The molecule has 0 bridgehead atoms. The molecule has 6 nitrogen and oxygen atoms in total. The lowest BCUT2D eigenvalue weighted by atomic mass is 10.1. The molecule has 0 saturated heterocycles. The molecule has 2 heterocycles. The number of thiophene rings is 1. The van der Waals surface area contributed by atoms with Crippen LogP contribution in [0.15, 0.2) is 40.2 Å². The Labute approximate surface area is 162 Å². The normalized spacial score (nSPS) is 12.0. The summed E-state index contributed by atoms with van der Waals surface area (Å²) in [6, 6.07) is 9.81. The largest absolute Gasteiger partial charge is 0.481 e. The van der Waals surface area contributed by atoms with Gasteiger partial charge in [0, 0.05) is 7.05 Å². The molecule has 0 fully saturated rings. The summed E-state index contributed by atoms with van der Waals surface area (Å²) in [5.41, 5.74) is 2.21. The molecular weight excluding hydrogens is 362 g/mol. The predicted octanol–water partition coefficient (Wildman–Crippen LogP) is 4.23. The Kier molecular flexibility index (Phi) is 5.91. The fourth-order valence-corrected chi connectivity index (χ4v) is 3.47. The summed E-state index contributed by atoms with van der Waals surface area (Å²) in [7, 11) is 1.71. The van der Waals surface area contributed by atoms with E-state index in [-0.39, 0.29) is 12.5 Å². The topological polar surface area (TPSA) is 68.5 Å². The molecule has 0 N–H and O–H groups in total. The Balaban J connectivity index is 1.66. The van der Waals surface area contributed by atoms with E-state index in [0.717, 1.165) is 16.0 Å². The molecule has 7 heteroatoms. The number of aromatic nitrogens is 2. The number of ether oxygens (including phenoxy) is 1. The van der Waals surface area contributed by atoms with E-state index in [0.29, 0.717) is 23.9 Å². The number of hydrogen-bond donors (Lipinski definition) is 0. The van der Waals surface area contributed by atoms with E-state index in [1.165, 1.54) is 0 Å². The van der Waals surface area contributed by atoms with Gasteiger partial charge in [0.25, 0.3) is 5.91 Å². The second-order valence-corrected chi connectivity index (χ2v) is 7.47. The first-order valence-electron chi connectivity index (χ1n) is 8.82. The summed E-state index contributed by atoms with van der Waals surface area (Å²) < 4.78 is 11.2. The van der Waals surface area contributed by atoms with Crippen LogP contribution in [0.25, 0.3) is 10.7 Å². The standard InChI is InChI=1S/C20H23N3O3S/c1-5-16(25-15-10-13(2)9-14(3)11-15)20(24)23(4)12-18-21-19(22-26-18)17-7-6-8-27-17/h6-11,16H,5,12H2,1-4H3/t16-/m1/s1.